The van der Waals surface area contributed by atoms with Crippen LogP contribution in [0, 0.1) is 12.8 Å². The van der Waals surface area contributed by atoms with E-state index < -0.39 is 0 Å². The molecule has 142 valence electrons. The molecule has 0 bridgehead atoms. The van der Waals surface area contributed by atoms with Crippen molar-refractivity contribution < 1.29 is 4.74 Å². The van der Waals surface area contributed by atoms with Crippen LogP contribution in [0.25, 0.3) is 0 Å². The van der Waals surface area contributed by atoms with Crippen molar-refractivity contribution in [3.8, 4) is 5.88 Å². The predicted molar refractivity (Wildman–Crippen MR) is 119 cm³/mol. The number of rotatable bonds is 8. The average Bonchev–Trinajstić information content (AvgIpc) is 3.37. The number of hydrogen-bond donors (Lipinski definition) is 2. The van der Waals surface area contributed by atoms with Gasteiger partial charge in [-0.3, -0.25) is 0 Å². The molecule has 0 radical (unpaired) electrons. The number of nitrogens with one attached hydrogen (secondary N) is 2. The quantitative estimate of drug-likeness (QED) is 0.335. The van der Waals surface area contributed by atoms with Crippen LogP contribution in [0.5, 0.6) is 5.88 Å². The molecule has 5 nitrogen and oxygen atoms in total. The van der Waals surface area contributed by atoms with E-state index in [1.807, 2.05) is 18.3 Å². The molecule has 3 rings (SSSR count). The second-order valence-electron chi connectivity index (χ2n) is 6.33. The second-order valence-corrected chi connectivity index (χ2v) is 7.34. The number of ether oxygens (including phenoxy) is 1. The highest BCUT2D eigenvalue weighted by molar-refractivity contribution is 14.0. The van der Waals surface area contributed by atoms with Crippen LogP contribution in [0.1, 0.15) is 35.8 Å². The monoisotopic (exact) mass is 486 g/mol. The maximum absolute atomic E-state index is 5.67. The molecular weight excluding hydrogens is 459 g/mol. The molecule has 1 aliphatic rings. The van der Waals surface area contributed by atoms with Crippen molar-refractivity contribution >= 4 is 41.3 Å². The SMILES string of the molecule is CCNC(=NCc1ccc(OCC2CC2)nc1)NCc1sccc1C.I. The molecule has 1 aliphatic carbocycles. The molecule has 2 heterocycles. The standard InChI is InChI=1S/C19H26N4OS.HI/c1-3-20-19(23-12-17-14(2)8-9-25-17)22-11-16-6-7-18(21-10-16)24-13-15-4-5-15;/h6-10,15H,3-5,11-13H2,1-2H3,(H2,20,22,23);1H. The van der Waals surface area contributed by atoms with Crippen LogP contribution in [0.15, 0.2) is 34.8 Å². The first-order valence-corrected chi connectivity index (χ1v) is 9.75. The molecule has 0 amide bonds. The van der Waals surface area contributed by atoms with E-state index >= 15 is 0 Å². The molecule has 0 spiro atoms. The lowest BCUT2D eigenvalue weighted by atomic mass is 10.3. The van der Waals surface area contributed by atoms with Gasteiger partial charge in [0, 0.05) is 23.7 Å². The van der Waals surface area contributed by atoms with E-state index in [4.69, 9.17) is 4.74 Å². The van der Waals surface area contributed by atoms with Gasteiger partial charge in [-0.25, -0.2) is 9.98 Å². The summed E-state index contributed by atoms with van der Waals surface area (Å²) in [4.78, 5) is 10.4. The molecule has 0 atom stereocenters. The van der Waals surface area contributed by atoms with E-state index in [0.29, 0.717) is 12.4 Å². The number of halogens is 1. The van der Waals surface area contributed by atoms with Gasteiger partial charge in [0.15, 0.2) is 5.96 Å². The molecule has 7 heteroatoms. The summed E-state index contributed by atoms with van der Waals surface area (Å²) in [5.74, 6) is 2.27. The maximum Gasteiger partial charge on any atom is 0.213 e. The molecule has 0 unspecified atom stereocenters. The molecule has 0 aromatic carbocycles. The van der Waals surface area contributed by atoms with Gasteiger partial charge < -0.3 is 15.4 Å². The maximum atomic E-state index is 5.67. The third-order valence-corrected chi connectivity index (χ3v) is 5.13. The number of thiophene rings is 1. The zero-order chi connectivity index (χ0) is 17.5. The first kappa shape index (κ1) is 21.0. The Morgan fingerprint density at radius 2 is 2.15 bits per heavy atom. The van der Waals surface area contributed by atoms with Crippen LogP contribution in [0.2, 0.25) is 0 Å². The summed E-state index contributed by atoms with van der Waals surface area (Å²) < 4.78 is 5.67. The minimum absolute atomic E-state index is 0. The fourth-order valence-corrected chi connectivity index (χ4v) is 3.18. The summed E-state index contributed by atoms with van der Waals surface area (Å²) in [6.07, 6.45) is 4.43. The summed E-state index contributed by atoms with van der Waals surface area (Å²) in [6.45, 7) is 7.22. The van der Waals surface area contributed by atoms with Crippen LogP contribution >= 0.6 is 35.3 Å². The van der Waals surface area contributed by atoms with Crippen molar-refractivity contribution in [3.05, 3.63) is 45.8 Å². The van der Waals surface area contributed by atoms with Gasteiger partial charge in [-0.05, 0) is 55.2 Å². The molecule has 0 saturated heterocycles. The molecule has 2 aromatic rings. The molecule has 2 N–H and O–H groups in total. The normalized spacial score (nSPS) is 13.8. The van der Waals surface area contributed by atoms with Crippen LogP contribution in [0.3, 0.4) is 0 Å². The zero-order valence-electron chi connectivity index (χ0n) is 15.3. The minimum atomic E-state index is 0. The fourth-order valence-electron chi connectivity index (χ4n) is 2.34. The van der Waals surface area contributed by atoms with Crippen LogP contribution < -0.4 is 15.4 Å². The van der Waals surface area contributed by atoms with E-state index in [-0.39, 0.29) is 24.0 Å². The van der Waals surface area contributed by atoms with Crippen molar-refractivity contribution in [2.24, 2.45) is 10.9 Å². The number of nitrogens with zero attached hydrogens (tertiary/aromatic N) is 2. The minimum Gasteiger partial charge on any atom is -0.477 e. The Bertz CT molecular complexity index is 698. The number of hydrogen-bond acceptors (Lipinski definition) is 4. The number of aryl methyl sites for hydroxylation is 1. The largest absolute Gasteiger partial charge is 0.477 e. The van der Waals surface area contributed by atoms with Gasteiger partial charge in [-0.1, -0.05) is 6.07 Å². The van der Waals surface area contributed by atoms with Crippen molar-refractivity contribution in [2.45, 2.75) is 39.8 Å². The van der Waals surface area contributed by atoms with Crippen molar-refractivity contribution in [1.29, 1.82) is 0 Å². The van der Waals surface area contributed by atoms with E-state index in [9.17, 15) is 0 Å². The Labute approximate surface area is 176 Å². The van der Waals surface area contributed by atoms with Crippen LogP contribution in [0.4, 0.5) is 0 Å². The zero-order valence-corrected chi connectivity index (χ0v) is 18.5. The molecule has 2 aromatic heterocycles. The van der Waals surface area contributed by atoms with Gasteiger partial charge in [-0.2, -0.15) is 0 Å². The topological polar surface area (TPSA) is 58.5 Å². The highest BCUT2D eigenvalue weighted by atomic mass is 127. The summed E-state index contributed by atoms with van der Waals surface area (Å²) in [7, 11) is 0. The van der Waals surface area contributed by atoms with Gasteiger partial charge in [0.2, 0.25) is 5.88 Å². The second kappa shape index (κ2) is 10.7. The Morgan fingerprint density at radius 1 is 1.31 bits per heavy atom. The lowest BCUT2D eigenvalue weighted by Gasteiger charge is -2.11. The van der Waals surface area contributed by atoms with Crippen LogP contribution in [-0.2, 0) is 13.1 Å². The first-order chi connectivity index (χ1) is 12.2. The van der Waals surface area contributed by atoms with Crippen molar-refractivity contribution in [1.82, 2.24) is 15.6 Å². The Morgan fingerprint density at radius 3 is 2.77 bits per heavy atom. The van der Waals surface area contributed by atoms with Gasteiger partial charge in [0.1, 0.15) is 0 Å². The van der Waals surface area contributed by atoms with Gasteiger partial charge in [0.05, 0.1) is 19.7 Å². The number of aliphatic imine (C=N–C) groups is 1. The van der Waals surface area contributed by atoms with Crippen molar-refractivity contribution in [2.75, 3.05) is 13.2 Å². The molecule has 26 heavy (non-hydrogen) atoms. The number of pyridine rings is 1. The molecular formula is C19H27IN4OS. The van der Waals surface area contributed by atoms with Crippen LogP contribution in [-0.4, -0.2) is 24.1 Å². The molecule has 0 aliphatic heterocycles. The van der Waals surface area contributed by atoms with Gasteiger partial charge >= 0.3 is 0 Å². The number of guanidine groups is 1. The molecule has 1 fully saturated rings. The fraction of sp³-hybridized carbons (Fsp3) is 0.474. The van der Waals surface area contributed by atoms with E-state index in [0.717, 1.165) is 37.1 Å². The lowest BCUT2D eigenvalue weighted by molar-refractivity contribution is 0.288. The Balaban J connectivity index is 0.00000243. The van der Waals surface area contributed by atoms with E-state index in [2.05, 4.69) is 45.9 Å². The van der Waals surface area contributed by atoms with E-state index in [1.54, 1.807) is 11.3 Å². The number of aromatic nitrogens is 1. The Kier molecular flexibility index (Phi) is 8.64. The van der Waals surface area contributed by atoms with Gasteiger partial charge in [0.25, 0.3) is 0 Å². The summed E-state index contributed by atoms with van der Waals surface area (Å²) in [5, 5.41) is 8.79. The summed E-state index contributed by atoms with van der Waals surface area (Å²) in [5.41, 5.74) is 2.39. The average molecular weight is 486 g/mol. The van der Waals surface area contributed by atoms with E-state index in [1.165, 1.54) is 23.3 Å². The van der Waals surface area contributed by atoms with Crippen molar-refractivity contribution in [3.63, 3.8) is 0 Å². The lowest BCUT2D eigenvalue weighted by Crippen LogP contribution is -2.36. The van der Waals surface area contributed by atoms with Gasteiger partial charge in [-0.15, -0.1) is 35.3 Å². The highest BCUT2D eigenvalue weighted by Crippen LogP contribution is 2.29. The third kappa shape index (κ3) is 6.75. The first-order valence-electron chi connectivity index (χ1n) is 8.87. The molecule has 1 saturated carbocycles. The Hall–Kier alpha value is -1.35. The highest BCUT2D eigenvalue weighted by Gasteiger charge is 2.21. The smallest absolute Gasteiger partial charge is 0.213 e. The summed E-state index contributed by atoms with van der Waals surface area (Å²) in [6, 6.07) is 6.11. The summed E-state index contributed by atoms with van der Waals surface area (Å²) >= 11 is 1.77. The predicted octanol–water partition coefficient (Wildman–Crippen LogP) is 4.11. The third-order valence-electron chi connectivity index (χ3n) is 4.11.